The van der Waals surface area contributed by atoms with Gasteiger partial charge in [-0.05, 0) is 26.8 Å². The third kappa shape index (κ3) is 5.08. The van der Waals surface area contributed by atoms with Crippen molar-refractivity contribution in [3.05, 3.63) is 38.7 Å². The Morgan fingerprint density at radius 3 is 2.15 bits per heavy atom. The zero-order valence-corrected chi connectivity index (χ0v) is 16.4. The molecule has 0 unspecified atom stereocenters. The van der Waals surface area contributed by atoms with Crippen LogP contribution in [0.4, 0.5) is 4.79 Å². The summed E-state index contributed by atoms with van der Waals surface area (Å²) in [6.45, 7) is 6.95. The minimum Gasteiger partial charge on any atom is -0.444 e. The molecule has 27 heavy (non-hydrogen) atoms. The van der Waals surface area contributed by atoms with E-state index in [1.807, 2.05) is 0 Å². The van der Waals surface area contributed by atoms with Gasteiger partial charge in [0.25, 0.3) is 5.56 Å². The molecule has 0 aromatic carbocycles. The SMILES string of the molecule is Cn1cc(C=CC(=O)N2CCN(C(=O)OC(C)(C)C)CC2)c(=O)n(C)c1=O. The minimum atomic E-state index is -0.561. The lowest BCUT2D eigenvalue weighted by atomic mass is 10.2. The number of carbonyl (C=O) groups excluding carboxylic acids is 2. The molecule has 9 nitrogen and oxygen atoms in total. The van der Waals surface area contributed by atoms with Crippen LogP contribution in [-0.4, -0.2) is 62.7 Å². The van der Waals surface area contributed by atoms with Crippen molar-refractivity contribution in [2.24, 2.45) is 14.1 Å². The predicted molar refractivity (Wildman–Crippen MR) is 100 cm³/mol. The van der Waals surface area contributed by atoms with Crippen LogP contribution in [-0.2, 0) is 23.6 Å². The van der Waals surface area contributed by atoms with Crippen LogP contribution in [0.3, 0.4) is 0 Å². The fourth-order valence-corrected chi connectivity index (χ4v) is 2.65. The van der Waals surface area contributed by atoms with Gasteiger partial charge in [0.2, 0.25) is 5.91 Å². The Morgan fingerprint density at radius 1 is 1.04 bits per heavy atom. The van der Waals surface area contributed by atoms with Gasteiger partial charge in [-0.1, -0.05) is 0 Å². The molecular weight excluding hydrogens is 352 g/mol. The topological polar surface area (TPSA) is 93.8 Å². The van der Waals surface area contributed by atoms with Crippen LogP contribution in [0.2, 0.25) is 0 Å². The van der Waals surface area contributed by atoms with Crippen molar-refractivity contribution < 1.29 is 14.3 Å². The van der Waals surface area contributed by atoms with E-state index in [0.717, 1.165) is 4.57 Å². The van der Waals surface area contributed by atoms with Gasteiger partial charge in [-0.15, -0.1) is 0 Å². The predicted octanol–water partition coefficient (Wildman–Crippen LogP) is 0.177. The Labute approximate surface area is 157 Å². The van der Waals surface area contributed by atoms with Crippen molar-refractivity contribution in [1.82, 2.24) is 18.9 Å². The molecule has 2 rings (SSSR count). The number of amides is 2. The number of rotatable bonds is 2. The third-order valence-electron chi connectivity index (χ3n) is 4.12. The van der Waals surface area contributed by atoms with Gasteiger partial charge in [-0.2, -0.15) is 0 Å². The van der Waals surface area contributed by atoms with Gasteiger partial charge in [-0.3, -0.25) is 14.2 Å². The van der Waals surface area contributed by atoms with E-state index in [0.29, 0.717) is 26.2 Å². The van der Waals surface area contributed by atoms with E-state index in [-0.39, 0.29) is 17.6 Å². The quantitative estimate of drug-likeness (QED) is 0.684. The van der Waals surface area contributed by atoms with Crippen LogP contribution >= 0.6 is 0 Å². The highest BCUT2D eigenvalue weighted by Gasteiger charge is 2.26. The van der Waals surface area contributed by atoms with Gasteiger partial charge < -0.3 is 19.1 Å². The van der Waals surface area contributed by atoms with E-state index in [4.69, 9.17) is 4.74 Å². The molecule has 1 saturated heterocycles. The van der Waals surface area contributed by atoms with Crippen molar-refractivity contribution in [1.29, 1.82) is 0 Å². The second-order valence-corrected chi connectivity index (χ2v) is 7.47. The second kappa shape index (κ2) is 7.81. The average Bonchev–Trinajstić information content (AvgIpc) is 2.60. The van der Waals surface area contributed by atoms with Crippen LogP contribution in [0, 0.1) is 0 Å². The van der Waals surface area contributed by atoms with E-state index in [1.165, 1.54) is 37.0 Å². The second-order valence-electron chi connectivity index (χ2n) is 7.47. The van der Waals surface area contributed by atoms with Gasteiger partial charge in [0, 0.05) is 52.5 Å². The maximum Gasteiger partial charge on any atom is 0.410 e. The molecule has 0 bridgehead atoms. The molecule has 1 aromatic heterocycles. The third-order valence-corrected chi connectivity index (χ3v) is 4.12. The Balaban J connectivity index is 1.99. The summed E-state index contributed by atoms with van der Waals surface area (Å²) in [6, 6.07) is 0. The molecule has 0 N–H and O–H groups in total. The Hall–Kier alpha value is -2.84. The van der Waals surface area contributed by atoms with Crippen LogP contribution in [0.5, 0.6) is 0 Å². The van der Waals surface area contributed by atoms with Crippen molar-refractivity contribution in [2.75, 3.05) is 26.2 Å². The number of aryl methyl sites for hydroxylation is 1. The van der Waals surface area contributed by atoms with Crippen molar-refractivity contribution in [3.63, 3.8) is 0 Å². The molecule has 0 aliphatic carbocycles. The largest absolute Gasteiger partial charge is 0.444 e. The summed E-state index contributed by atoms with van der Waals surface area (Å²) in [5, 5.41) is 0. The molecule has 1 aromatic rings. The minimum absolute atomic E-state index is 0.250. The summed E-state index contributed by atoms with van der Waals surface area (Å²) in [5.74, 6) is -0.255. The van der Waals surface area contributed by atoms with Gasteiger partial charge in [-0.25, -0.2) is 9.59 Å². The number of hydrogen-bond acceptors (Lipinski definition) is 5. The first-order valence-corrected chi connectivity index (χ1v) is 8.71. The van der Waals surface area contributed by atoms with Crippen LogP contribution < -0.4 is 11.2 Å². The fourth-order valence-electron chi connectivity index (χ4n) is 2.65. The smallest absolute Gasteiger partial charge is 0.410 e. The molecule has 1 aliphatic heterocycles. The van der Waals surface area contributed by atoms with Gasteiger partial charge in [0.1, 0.15) is 5.60 Å². The van der Waals surface area contributed by atoms with Crippen molar-refractivity contribution in [2.45, 2.75) is 26.4 Å². The fraction of sp³-hybridized carbons (Fsp3) is 0.556. The number of hydrogen-bond donors (Lipinski definition) is 0. The zero-order chi connectivity index (χ0) is 20.4. The number of aromatic nitrogens is 2. The molecule has 0 spiro atoms. The summed E-state index contributed by atoms with van der Waals surface area (Å²) in [6.07, 6.45) is 3.72. The van der Waals surface area contributed by atoms with Gasteiger partial charge in [0.15, 0.2) is 0 Å². The molecule has 2 amide bonds. The normalized spacial score (nSPS) is 15.3. The van der Waals surface area contributed by atoms with E-state index in [1.54, 1.807) is 30.6 Å². The lowest BCUT2D eigenvalue weighted by Gasteiger charge is -2.35. The summed E-state index contributed by atoms with van der Waals surface area (Å²) in [5.41, 5.74) is -1.20. The van der Waals surface area contributed by atoms with Crippen molar-refractivity contribution >= 4 is 18.1 Å². The molecule has 9 heteroatoms. The molecule has 148 valence electrons. The summed E-state index contributed by atoms with van der Waals surface area (Å²) >= 11 is 0. The highest BCUT2D eigenvalue weighted by molar-refractivity contribution is 5.91. The number of piperazine rings is 1. The monoisotopic (exact) mass is 378 g/mol. The molecule has 2 heterocycles. The molecule has 1 aliphatic rings. The van der Waals surface area contributed by atoms with E-state index < -0.39 is 16.9 Å². The maximum absolute atomic E-state index is 12.4. The Morgan fingerprint density at radius 2 is 1.59 bits per heavy atom. The molecule has 0 atom stereocenters. The standard InChI is InChI=1S/C18H26N4O5/c1-18(2,3)27-17(26)22-10-8-21(9-11-22)14(23)7-6-13-12-19(4)16(25)20(5)15(13)24/h6-7,12H,8-11H2,1-5H3. The lowest BCUT2D eigenvalue weighted by molar-refractivity contribution is -0.127. The average molecular weight is 378 g/mol. The Bertz CT molecular complexity index is 867. The number of ether oxygens (including phenoxy) is 1. The molecule has 0 radical (unpaired) electrons. The van der Waals surface area contributed by atoms with Gasteiger partial charge in [0.05, 0.1) is 5.56 Å². The zero-order valence-electron chi connectivity index (χ0n) is 16.4. The van der Waals surface area contributed by atoms with Crippen LogP contribution in [0.1, 0.15) is 26.3 Å². The van der Waals surface area contributed by atoms with Gasteiger partial charge >= 0.3 is 11.8 Å². The molecular formula is C18H26N4O5. The Kier molecular flexibility index (Phi) is 5.92. The lowest BCUT2D eigenvalue weighted by Crippen LogP contribution is -2.51. The van der Waals surface area contributed by atoms with E-state index >= 15 is 0 Å². The molecule has 0 saturated carbocycles. The summed E-state index contributed by atoms with van der Waals surface area (Å²) in [4.78, 5) is 51.3. The highest BCUT2D eigenvalue weighted by Crippen LogP contribution is 2.12. The first-order valence-electron chi connectivity index (χ1n) is 8.71. The summed E-state index contributed by atoms with van der Waals surface area (Å²) in [7, 11) is 2.93. The summed E-state index contributed by atoms with van der Waals surface area (Å²) < 4.78 is 7.60. The first kappa shape index (κ1) is 20.5. The number of nitrogens with zero attached hydrogens (tertiary/aromatic N) is 4. The maximum atomic E-state index is 12.4. The van der Waals surface area contributed by atoms with Crippen LogP contribution in [0.25, 0.3) is 6.08 Å². The van der Waals surface area contributed by atoms with E-state index in [2.05, 4.69) is 0 Å². The molecule has 1 fully saturated rings. The van der Waals surface area contributed by atoms with E-state index in [9.17, 15) is 19.2 Å². The van der Waals surface area contributed by atoms with Crippen molar-refractivity contribution in [3.8, 4) is 0 Å². The highest BCUT2D eigenvalue weighted by atomic mass is 16.6. The number of carbonyl (C=O) groups is 2. The van der Waals surface area contributed by atoms with Crippen LogP contribution in [0.15, 0.2) is 21.9 Å². The first-order chi connectivity index (χ1) is 12.5.